The fourth-order valence-corrected chi connectivity index (χ4v) is 5.03. The minimum absolute atomic E-state index is 0.0776. The molecule has 7 heteroatoms. The molecule has 1 aliphatic heterocycles. The molecule has 1 aromatic heterocycles. The number of hydrogen-bond acceptors (Lipinski definition) is 4. The van der Waals surface area contributed by atoms with E-state index in [9.17, 15) is 13.2 Å². The molecule has 0 saturated carbocycles. The predicted octanol–water partition coefficient (Wildman–Crippen LogP) is 2.36. The molecule has 1 amide bonds. The average Bonchev–Trinajstić information content (AvgIpc) is 3.25. The number of unbranched alkanes of at least 4 members (excludes halogenated alkanes) is 1. The van der Waals surface area contributed by atoms with Gasteiger partial charge in [0, 0.05) is 30.5 Å². The molecule has 0 bridgehead atoms. The molecule has 1 saturated heterocycles. The number of nitrogens with zero attached hydrogens (tertiary/aromatic N) is 3. The van der Waals surface area contributed by atoms with Gasteiger partial charge < -0.3 is 4.90 Å². The lowest BCUT2D eigenvalue weighted by molar-refractivity contribution is 0.0694. The topological polar surface area (TPSA) is 72.3 Å². The van der Waals surface area contributed by atoms with Gasteiger partial charge in [0.05, 0.1) is 18.1 Å². The van der Waals surface area contributed by atoms with Gasteiger partial charge in [0.1, 0.15) is 0 Å². The number of sulfone groups is 1. The van der Waals surface area contributed by atoms with Crippen molar-refractivity contribution in [1.82, 2.24) is 14.7 Å². The summed E-state index contributed by atoms with van der Waals surface area (Å²) in [5, 5.41) is 4.18. The molecule has 0 radical (unpaired) electrons. The van der Waals surface area contributed by atoms with E-state index in [0.29, 0.717) is 25.1 Å². The van der Waals surface area contributed by atoms with Gasteiger partial charge in [-0.1, -0.05) is 25.5 Å². The lowest BCUT2D eigenvalue weighted by Gasteiger charge is -2.28. The number of aromatic nitrogens is 2. The van der Waals surface area contributed by atoms with Crippen LogP contribution in [0, 0.1) is 0 Å². The van der Waals surface area contributed by atoms with Crippen molar-refractivity contribution in [2.75, 3.05) is 18.1 Å². The number of rotatable bonds is 7. The molecule has 0 N–H and O–H groups in total. The van der Waals surface area contributed by atoms with Crippen LogP contribution in [0.1, 0.15) is 42.1 Å². The van der Waals surface area contributed by atoms with Crippen molar-refractivity contribution in [1.29, 1.82) is 0 Å². The van der Waals surface area contributed by atoms with Crippen LogP contribution in [-0.4, -0.2) is 53.1 Å². The zero-order valence-corrected chi connectivity index (χ0v) is 15.9. The van der Waals surface area contributed by atoms with E-state index in [1.165, 1.54) is 0 Å². The normalized spacial score (nSPS) is 18.7. The summed E-state index contributed by atoms with van der Waals surface area (Å²) in [6.07, 6.45) is 6.01. The first-order valence-corrected chi connectivity index (χ1v) is 10.9. The Morgan fingerprint density at radius 2 is 2.08 bits per heavy atom. The molecule has 2 aromatic rings. The second kappa shape index (κ2) is 8.03. The summed E-state index contributed by atoms with van der Waals surface area (Å²) in [5.74, 6) is 0.183. The molecule has 1 fully saturated rings. The van der Waals surface area contributed by atoms with Crippen molar-refractivity contribution in [3.63, 3.8) is 0 Å². The van der Waals surface area contributed by atoms with Crippen molar-refractivity contribution < 1.29 is 13.2 Å². The second-order valence-corrected chi connectivity index (χ2v) is 9.04. The number of carbonyl (C=O) groups is 1. The van der Waals surface area contributed by atoms with Gasteiger partial charge in [0.15, 0.2) is 9.84 Å². The highest BCUT2D eigenvalue weighted by Gasteiger charge is 2.34. The van der Waals surface area contributed by atoms with Gasteiger partial charge in [0.2, 0.25) is 0 Å². The van der Waals surface area contributed by atoms with Crippen molar-refractivity contribution in [3.8, 4) is 0 Å². The van der Waals surface area contributed by atoms with E-state index in [1.54, 1.807) is 11.1 Å². The molecule has 3 rings (SSSR count). The third-order valence-corrected chi connectivity index (χ3v) is 6.52. The highest BCUT2D eigenvalue weighted by atomic mass is 32.2. The van der Waals surface area contributed by atoms with E-state index in [1.807, 2.05) is 41.2 Å². The Labute approximate surface area is 154 Å². The third kappa shape index (κ3) is 4.52. The first kappa shape index (κ1) is 18.6. The minimum atomic E-state index is -3.02. The molecule has 1 atom stereocenters. The quantitative estimate of drug-likeness (QED) is 0.745. The zero-order valence-electron chi connectivity index (χ0n) is 15.0. The van der Waals surface area contributed by atoms with Gasteiger partial charge in [-0.15, -0.1) is 0 Å². The maximum Gasteiger partial charge on any atom is 0.254 e. The highest BCUT2D eigenvalue weighted by molar-refractivity contribution is 7.91. The molecular weight excluding hydrogens is 350 g/mol. The SMILES string of the molecule is CCCCN(C(=O)c1ccc(Cn2cccn2)cc1)C1CCS(=O)(=O)C1. The van der Waals surface area contributed by atoms with Gasteiger partial charge in [-0.25, -0.2) is 8.42 Å². The van der Waals surface area contributed by atoms with Gasteiger partial charge in [-0.3, -0.25) is 9.48 Å². The average molecular weight is 375 g/mol. The standard InChI is InChI=1S/C19H25N3O3S/c1-2-3-12-22(18-9-13-26(24,25)15-18)19(23)17-7-5-16(6-8-17)14-21-11-4-10-20-21/h4-8,10-11,18H,2-3,9,12-15H2,1H3. The molecule has 0 aliphatic carbocycles. The predicted molar refractivity (Wildman–Crippen MR) is 101 cm³/mol. The van der Waals surface area contributed by atoms with Crippen LogP contribution < -0.4 is 0 Å². The Morgan fingerprint density at radius 3 is 2.65 bits per heavy atom. The number of carbonyl (C=O) groups excluding carboxylic acids is 1. The molecular formula is C19H25N3O3S. The summed E-state index contributed by atoms with van der Waals surface area (Å²) < 4.78 is 25.5. The molecule has 140 valence electrons. The van der Waals surface area contributed by atoms with Crippen LogP contribution in [0.2, 0.25) is 0 Å². The monoisotopic (exact) mass is 375 g/mol. The number of benzene rings is 1. The first-order chi connectivity index (χ1) is 12.5. The van der Waals surface area contributed by atoms with Crippen LogP contribution in [0.4, 0.5) is 0 Å². The van der Waals surface area contributed by atoms with Gasteiger partial charge in [-0.2, -0.15) is 5.10 Å². The molecule has 1 aromatic carbocycles. The third-order valence-electron chi connectivity index (χ3n) is 4.77. The molecule has 6 nitrogen and oxygen atoms in total. The molecule has 1 aliphatic rings. The molecule has 0 spiro atoms. The molecule has 1 unspecified atom stereocenters. The van der Waals surface area contributed by atoms with E-state index in [0.717, 1.165) is 18.4 Å². The van der Waals surface area contributed by atoms with E-state index >= 15 is 0 Å². The van der Waals surface area contributed by atoms with Crippen LogP contribution in [0.5, 0.6) is 0 Å². The van der Waals surface area contributed by atoms with Gasteiger partial charge >= 0.3 is 0 Å². The van der Waals surface area contributed by atoms with E-state index < -0.39 is 9.84 Å². The van der Waals surface area contributed by atoms with Crippen LogP contribution in [0.15, 0.2) is 42.7 Å². The van der Waals surface area contributed by atoms with E-state index in [2.05, 4.69) is 12.0 Å². The Kier molecular flexibility index (Phi) is 5.76. The highest BCUT2D eigenvalue weighted by Crippen LogP contribution is 2.21. The van der Waals surface area contributed by atoms with Crippen molar-refractivity contribution >= 4 is 15.7 Å². The van der Waals surface area contributed by atoms with Crippen molar-refractivity contribution in [2.45, 2.75) is 38.8 Å². The smallest absolute Gasteiger partial charge is 0.254 e. The van der Waals surface area contributed by atoms with Crippen molar-refractivity contribution in [2.24, 2.45) is 0 Å². The van der Waals surface area contributed by atoms with Crippen LogP contribution in [0.25, 0.3) is 0 Å². The summed E-state index contributed by atoms with van der Waals surface area (Å²) in [4.78, 5) is 14.8. The Hall–Kier alpha value is -2.15. The van der Waals surface area contributed by atoms with E-state index in [-0.39, 0.29) is 23.5 Å². The minimum Gasteiger partial charge on any atom is -0.335 e. The number of hydrogen-bond donors (Lipinski definition) is 0. The molecule has 2 heterocycles. The Balaban J connectivity index is 1.73. The fraction of sp³-hybridized carbons (Fsp3) is 0.474. The fourth-order valence-electron chi connectivity index (χ4n) is 3.30. The largest absolute Gasteiger partial charge is 0.335 e. The summed E-state index contributed by atoms with van der Waals surface area (Å²) >= 11 is 0. The van der Waals surface area contributed by atoms with Gasteiger partial charge in [0.25, 0.3) is 5.91 Å². The Bertz CT molecular complexity index is 829. The molecule has 26 heavy (non-hydrogen) atoms. The summed E-state index contributed by atoms with van der Waals surface area (Å²) in [6.45, 7) is 3.32. The van der Waals surface area contributed by atoms with Gasteiger partial charge in [-0.05, 0) is 36.6 Å². The lowest BCUT2D eigenvalue weighted by atomic mass is 10.1. The van der Waals surface area contributed by atoms with Crippen LogP contribution in [0.3, 0.4) is 0 Å². The number of amides is 1. The van der Waals surface area contributed by atoms with E-state index in [4.69, 9.17) is 0 Å². The van der Waals surface area contributed by atoms with Crippen LogP contribution >= 0.6 is 0 Å². The zero-order chi connectivity index (χ0) is 18.6. The second-order valence-electron chi connectivity index (χ2n) is 6.81. The Morgan fingerprint density at radius 1 is 1.31 bits per heavy atom. The van der Waals surface area contributed by atoms with Crippen LogP contribution in [-0.2, 0) is 16.4 Å². The summed E-state index contributed by atoms with van der Waals surface area (Å²) in [7, 11) is -3.02. The summed E-state index contributed by atoms with van der Waals surface area (Å²) in [6, 6.07) is 9.17. The summed E-state index contributed by atoms with van der Waals surface area (Å²) in [5.41, 5.74) is 1.67. The first-order valence-electron chi connectivity index (χ1n) is 9.06. The maximum absolute atomic E-state index is 13.0. The maximum atomic E-state index is 13.0. The lowest BCUT2D eigenvalue weighted by Crippen LogP contribution is -2.41. The van der Waals surface area contributed by atoms with Crippen molar-refractivity contribution in [3.05, 3.63) is 53.9 Å².